The lowest BCUT2D eigenvalue weighted by Gasteiger charge is -2.06. The van der Waals surface area contributed by atoms with E-state index in [4.69, 9.17) is 5.84 Å². The molecule has 6 nitrogen and oxygen atoms in total. The summed E-state index contributed by atoms with van der Waals surface area (Å²) in [6, 6.07) is 0. The van der Waals surface area contributed by atoms with Crippen molar-refractivity contribution in [2.75, 3.05) is 5.43 Å². The zero-order valence-electron chi connectivity index (χ0n) is 8.06. The molecule has 0 aliphatic carbocycles. The third-order valence-corrected chi connectivity index (χ3v) is 2.86. The highest BCUT2D eigenvalue weighted by atomic mass is 32.2. The van der Waals surface area contributed by atoms with Gasteiger partial charge in [-0.05, 0) is 18.7 Å². The van der Waals surface area contributed by atoms with E-state index in [-0.39, 0.29) is 0 Å². The summed E-state index contributed by atoms with van der Waals surface area (Å²) in [6.07, 6.45) is 4.93. The van der Waals surface area contributed by atoms with Crippen LogP contribution in [0.25, 0.3) is 0 Å². The third-order valence-electron chi connectivity index (χ3n) is 1.84. The number of hydrogen-bond donors (Lipinski definition) is 3. The van der Waals surface area contributed by atoms with Gasteiger partial charge in [-0.15, -0.1) is 0 Å². The molecule has 0 spiro atoms. The van der Waals surface area contributed by atoms with Gasteiger partial charge >= 0.3 is 0 Å². The number of nitrogens with one attached hydrogen (secondary N) is 2. The molecule has 0 bridgehead atoms. The largest absolute Gasteiger partial charge is 0.339 e. The fourth-order valence-electron chi connectivity index (χ4n) is 1.08. The molecule has 4 N–H and O–H groups in total. The molecule has 15 heavy (non-hydrogen) atoms. The topological polar surface area (TPSA) is 92.5 Å². The highest BCUT2D eigenvalue weighted by Gasteiger charge is 2.08. The minimum absolute atomic E-state index is 0.624. The molecule has 78 valence electrons. The van der Waals surface area contributed by atoms with Gasteiger partial charge in [0.1, 0.15) is 17.2 Å². The smallest absolute Gasteiger partial charge is 0.171 e. The SMILES string of the molecule is Cc1c(NN)ncnc1Sc1ncc[nH]1. The van der Waals surface area contributed by atoms with Gasteiger partial charge in [0.25, 0.3) is 0 Å². The summed E-state index contributed by atoms with van der Waals surface area (Å²) < 4.78 is 0. The van der Waals surface area contributed by atoms with E-state index in [0.29, 0.717) is 5.82 Å². The van der Waals surface area contributed by atoms with Crippen LogP contribution in [0, 0.1) is 6.92 Å². The number of hydrogen-bond acceptors (Lipinski definition) is 6. The van der Waals surface area contributed by atoms with Gasteiger partial charge in [0, 0.05) is 18.0 Å². The molecule has 2 heterocycles. The van der Waals surface area contributed by atoms with Gasteiger partial charge in [-0.1, -0.05) is 0 Å². The van der Waals surface area contributed by atoms with Gasteiger partial charge in [-0.25, -0.2) is 20.8 Å². The maximum Gasteiger partial charge on any atom is 0.171 e. The molecule has 0 saturated carbocycles. The fraction of sp³-hybridized carbons (Fsp3) is 0.125. The maximum atomic E-state index is 5.32. The Morgan fingerprint density at radius 2 is 2.27 bits per heavy atom. The van der Waals surface area contributed by atoms with E-state index < -0.39 is 0 Å². The van der Waals surface area contributed by atoms with E-state index >= 15 is 0 Å². The summed E-state index contributed by atoms with van der Waals surface area (Å²) in [7, 11) is 0. The van der Waals surface area contributed by atoms with Crippen molar-refractivity contribution >= 4 is 17.6 Å². The minimum Gasteiger partial charge on any atom is -0.339 e. The average Bonchev–Trinajstić information content (AvgIpc) is 2.74. The van der Waals surface area contributed by atoms with E-state index in [1.165, 1.54) is 18.1 Å². The van der Waals surface area contributed by atoms with Crippen molar-refractivity contribution in [3.05, 3.63) is 24.3 Å². The number of aromatic nitrogens is 4. The Bertz CT molecular complexity index is 440. The van der Waals surface area contributed by atoms with Crippen molar-refractivity contribution in [2.45, 2.75) is 17.1 Å². The molecule has 0 fully saturated rings. The standard InChI is InChI=1S/C8H10N6S/c1-5-6(14-9)12-4-13-7(5)15-8-10-2-3-11-8/h2-4H,9H2,1H3,(H,10,11)(H,12,13,14). The van der Waals surface area contributed by atoms with Gasteiger partial charge in [0.2, 0.25) is 0 Å². The van der Waals surface area contributed by atoms with Crippen molar-refractivity contribution in [3.8, 4) is 0 Å². The van der Waals surface area contributed by atoms with Crippen molar-refractivity contribution in [3.63, 3.8) is 0 Å². The zero-order chi connectivity index (χ0) is 10.7. The van der Waals surface area contributed by atoms with Crippen LogP contribution in [0.1, 0.15) is 5.56 Å². The van der Waals surface area contributed by atoms with Crippen molar-refractivity contribution in [1.29, 1.82) is 0 Å². The lowest BCUT2D eigenvalue weighted by Crippen LogP contribution is -2.10. The number of hydrazine groups is 1. The molecule has 2 aromatic rings. The normalized spacial score (nSPS) is 10.3. The van der Waals surface area contributed by atoms with Gasteiger partial charge in [-0.2, -0.15) is 0 Å². The first kappa shape index (κ1) is 9.94. The summed E-state index contributed by atoms with van der Waals surface area (Å²) >= 11 is 1.44. The van der Waals surface area contributed by atoms with Crippen LogP contribution >= 0.6 is 11.8 Å². The van der Waals surface area contributed by atoms with Crippen LogP contribution < -0.4 is 11.3 Å². The maximum absolute atomic E-state index is 5.32. The quantitative estimate of drug-likeness (QED) is 0.406. The Hall–Kier alpha value is -1.60. The van der Waals surface area contributed by atoms with Crippen LogP contribution in [0.4, 0.5) is 5.82 Å². The van der Waals surface area contributed by atoms with Crippen LogP contribution in [0.3, 0.4) is 0 Å². The number of nitrogens with two attached hydrogens (primary N) is 1. The average molecular weight is 222 g/mol. The number of anilines is 1. The van der Waals surface area contributed by atoms with Crippen LogP contribution in [-0.4, -0.2) is 19.9 Å². The predicted molar refractivity (Wildman–Crippen MR) is 57.3 cm³/mol. The fourth-order valence-corrected chi connectivity index (χ4v) is 1.85. The van der Waals surface area contributed by atoms with Crippen molar-refractivity contribution < 1.29 is 0 Å². The zero-order valence-corrected chi connectivity index (χ0v) is 8.88. The monoisotopic (exact) mass is 222 g/mol. The molecular weight excluding hydrogens is 212 g/mol. The summed E-state index contributed by atoms with van der Waals surface area (Å²) in [5.41, 5.74) is 3.42. The minimum atomic E-state index is 0.624. The molecule has 0 radical (unpaired) electrons. The second kappa shape index (κ2) is 4.28. The molecule has 0 unspecified atom stereocenters. The molecule has 7 heteroatoms. The van der Waals surface area contributed by atoms with Gasteiger partial charge < -0.3 is 10.4 Å². The molecule has 0 atom stereocenters. The first-order valence-corrected chi connectivity index (χ1v) is 5.08. The lowest BCUT2D eigenvalue weighted by atomic mass is 10.3. The Labute approximate surface area is 90.7 Å². The number of imidazole rings is 1. The summed E-state index contributed by atoms with van der Waals surface area (Å²) in [6.45, 7) is 1.90. The Morgan fingerprint density at radius 1 is 1.40 bits per heavy atom. The van der Waals surface area contributed by atoms with E-state index in [0.717, 1.165) is 15.7 Å². The molecule has 0 amide bonds. The summed E-state index contributed by atoms with van der Waals surface area (Å²) in [5, 5.41) is 1.62. The van der Waals surface area contributed by atoms with Crippen molar-refractivity contribution in [1.82, 2.24) is 19.9 Å². The summed E-state index contributed by atoms with van der Waals surface area (Å²) in [5.74, 6) is 5.94. The Balaban J connectivity index is 2.29. The molecule has 0 aliphatic heterocycles. The predicted octanol–water partition coefficient (Wildman–Crippen LogP) is 0.945. The molecule has 0 saturated heterocycles. The molecule has 2 rings (SSSR count). The first-order valence-electron chi connectivity index (χ1n) is 4.26. The van der Waals surface area contributed by atoms with E-state index in [1.54, 1.807) is 12.4 Å². The van der Waals surface area contributed by atoms with Gasteiger partial charge in [0.05, 0.1) is 0 Å². The number of aromatic amines is 1. The van der Waals surface area contributed by atoms with E-state index in [2.05, 4.69) is 25.4 Å². The van der Waals surface area contributed by atoms with E-state index in [9.17, 15) is 0 Å². The highest BCUT2D eigenvalue weighted by molar-refractivity contribution is 7.99. The molecule has 0 aromatic carbocycles. The van der Waals surface area contributed by atoms with Gasteiger partial charge in [0.15, 0.2) is 5.16 Å². The van der Waals surface area contributed by atoms with E-state index in [1.807, 2.05) is 6.92 Å². The highest BCUT2D eigenvalue weighted by Crippen LogP contribution is 2.27. The van der Waals surface area contributed by atoms with Crippen LogP contribution in [0.2, 0.25) is 0 Å². The number of H-pyrrole nitrogens is 1. The first-order chi connectivity index (χ1) is 7.31. The van der Waals surface area contributed by atoms with Crippen LogP contribution in [-0.2, 0) is 0 Å². The Morgan fingerprint density at radius 3 is 2.93 bits per heavy atom. The molecule has 0 aliphatic rings. The van der Waals surface area contributed by atoms with Crippen LogP contribution in [0.15, 0.2) is 28.9 Å². The number of nitrogen functional groups attached to an aromatic ring is 1. The molecular formula is C8H10N6S. The number of rotatable bonds is 3. The molecule has 2 aromatic heterocycles. The van der Waals surface area contributed by atoms with Crippen molar-refractivity contribution in [2.24, 2.45) is 5.84 Å². The summed E-state index contributed by atoms with van der Waals surface area (Å²) in [4.78, 5) is 15.2. The second-order valence-electron chi connectivity index (χ2n) is 2.79. The van der Waals surface area contributed by atoms with Gasteiger partial charge in [-0.3, -0.25) is 0 Å². The number of nitrogens with zero attached hydrogens (tertiary/aromatic N) is 3. The third kappa shape index (κ3) is 2.08. The second-order valence-corrected chi connectivity index (χ2v) is 3.77. The van der Waals surface area contributed by atoms with Crippen LogP contribution in [0.5, 0.6) is 0 Å². The lowest BCUT2D eigenvalue weighted by molar-refractivity contribution is 0.980. The Kier molecular flexibility index (Phi) is 2.84.